The van der Waals surface area contributed by atoms with Gasteiger partial charge < -0.3 is 9.80 Å². The zero-order valence-corrected chi connectivity index (χ0v) is 16.4. The van der Waals surface area contributed by atoms with Gasteiger partial charge in [0.15, 0.2) is 0 Å². The normalized spacial score (nSPS) is 20.3. The van der Waals surface area contributed by atoms with Gasteiger partial charge in [-0.1, -0.05) is 18.2 Å². The first kappa shape index (κ1) is 20.4. The Morgan fingerprint density at radius 2 is 1.93 bits per heavy atom. The third-order valence-corrected chi connectivity index (χ3v) is 5.97. The van der Waals surface area contributed by atoms with Gasteiger partial charge in [-0.3, -0.25) is 9.59 Å². The first-order valence-electron chi connectivity index (χ1n) is 8.88. The van der Waals surface area contributed by atoms with Crippen LogP contribution in [0.1, 0.15) is 34.9 Å². The van der Waals surface area contributed by atoms with Crippen LogP contribution in [0.5, 0.6) is 0 Å². The van der Waals surface area contributed by atoms with Crippen molar-refractivity contribution in [1.29, 1.82) is 0 Å². The van der Waals surface area contributed by atoms with E-state index in [1.54, 1.807) is 30.3 Å². The van der Waals surface area contributed by atoms with Crippen LogP contribution in [0.15, 0.2) is 41.8 Å². The summed E-state index contributed by atoms with van der Waals surface area (Å²) in [6.07, 6.45) is -3.80. The number of rotatable bonds is 4. The molecule has 1 aliphatic rings. The number of thiophene rings is 1. The number of carbonyl (C=O) groups excluding carboxylic acids is 2. The lowest BCUT2D eigenvalue weighted by molar-refractivity contribution is -0.146. The van der Waals surface area contributed by atoms with Gasteiger partial charge in [0.1, 0.15) is 0 Å². The number of carbonyl (C=O) groups is 2. The van der Waals surface area contributed by atoms with Crippen molar-refractivity contribution in [2.45, 2.75) is 31.6 Å². The Morgan fingerprint density at radius 1 is 1.25 bits per heavy atom. The molecule has 4 nitrogen and oxygen atoms in total. The number of piperidine rings is 1. The molecule has 150 valence electrons. The minimum Gasteiger partial charge on any atom is -0.340 e. The summed E-state index contributed by atoms with van der Waals surface area (Å²) in [5.74, 6) is -0.725. The predicted molar refractivity (Wildman–Crippen MR) is 100 cm³/mol. The molecule has 0 saturated carbocycles. The van der Waals surface area contributed by atoms with Gasteiger partial charge in [-0.05, 0) is 35.6 Å². The van der Waals surface area contributed by atoms with Gasteiger partial charge in [0.05, 0.1) is 24.1 Å². The summed E-state index contributed by atoms with van der Waals surface area (Å²) in [6.45, 7) is 0.463. The second-order valence-electron chi connectivity index (χ2n) is 6.99. The van der Waals surface area contributed by atoms with E-state index in [4.69, 9.17) is 0 Å². The molecule has 0 aliphatic carbocycles. The number of hydrogen-bond donors (Lipinski definition) is 0. The van der Waals surface area contributed by atoms with Crippen LogP contribution in [-0.2, 0) is 22.3 Å². The molecule has 3 rings (SSSR count). The fourth-order valence-electron chi connectivity index (χ4n) is 3.62. The lowest BCUT2D eigenvalue weighted by Crippen LogP contribution is -2.46. The molecule has 2 aromatic rings. The van der Waals surface area contributed by atoms with Crippen LogP contribution >= 0.6 is 11.3 Å². The van der Waals surface area contributed by atoms with Crippen LogP contribution in [0.25, 0.3) is 0 Å². The lowest BCUT2D eigenvalue weighted by Gasteiger charge is -2.40. The molecule has 2 atom stereocenters. The zero-order chi connectivity index (χ0) is 20.5. The van der Waals surface area contributed by atoms with Crippen LogP contribution in [-0.4, -0.2) is 35.7 Å². The number of hydrogen-bond acceptors (Lipinski definition) is 3. The van der Waals surface area contributed by atoms with Crippen molar-refractivity contribution in [2.75, 3.05) is 14.1 Å². The summed E-state index contributed by atoms with van der Waals surface area (Å²) in [6, 6.07) is 8.00. The average molecular weight is 410 g/mol. The maximum atomic E-state index is 13.1. The number of likely N-dealkylation sites (tertiary alicyclic amines) is 1. The Bertz CT molecular complexity index is 834. The van der Waals surface area contributed by atoms with Crippen molar-refractivity contribution in [3.63, 3.8) is 0 Å². The smallest absolute Gasteiger partial charge is 0.340 e. The highest BCUT2D eigenvalue weighted by molar-refractivity contribution is 7.09. The van der Waals surface area contributed by atoms with E-state index in [1.807, 2.05) is 17.5 Å². The van der Waals surface area contributed by atoms with Crippen molar-refractivity contribution in [1.82, 2.24) is 9.80 Å². The molecule has 2 heterocycles. The first-order valence-corrected chi connectivity index (χ1v) is 9.76. The molecule has 1 fully saturated rings. The van der Waals surface area contributed by atoms with Crippen molar-refractivity contribution in [3.8, 4) is 0 Å². The molecular formula is C20H21F3N2O2S. The van der Waals surface area contributed by atoms with Gasteiger partial charge in [-0.25, -0.2) is 0 Å². The molecule has 2 unspecified atom stereocenters. The van der Waals surface area contributed by atoms with Crippen LogP contribution in [0, 0.1) is 5.92 Å². The Balaban J connectivity index is 1.86. The fourth-order valence-corrected chi connectivity index (χ4v) is 4.38. The van der Waals surface area contributed by atoms with Gasteiger partial charge >= 0.3 is 6.18 Å². The Hall–Kier alpha value is -2.35. The summed E-state index contributed by atoms with van der Waals surface area (Å²) in [5, 5.41) is 1.94. The molecule has 0 bridgehead atoms. The monoisotopic (exact) mass is 410 g/mol. The van der Waals surface area contributed by atoms with Gasteiger partial charge in [0, 0.05) is 25.4 Å². The average Bonchev–Trinajstić information content (AvgIpc) is 3.15. The highest BCUT2D eigenvalue weighted by atomic mass is 32.1. The van der Waals surface area contributed by atoms with Gasteiger partial charge in [0.25, 0.3) is 0 Å². The molecule has 1 aliphatic heterocycles. The second-order valence-corrected chi connectivity index (χ2v) is 8.02. The molecular weight excluding hydrogens is 389 g/mol. The Kier molecular flexibility index (Phi) is 5.79. The zero-order valence-electron chi connectivity index (χ0n) is 15.6. The number of amides is 2. The molecule has 1 aromatic carbocycles. The molecule has 8 heteroatoms. The van der Waals surface area contributed by atoms with E-state index in [1.165, 1.54) is 17.0 Å². The van der Waals surface area contributed by atoms with Crippen molar-refractivity contribution < 1.29 is 22.8 Å². The molecule has 1 saturated heterocycles. The van der Waals surface area contributed by atoms with Gasteiger partial charge in [-0.15, -0.1) is 11.3 Å². The van der Waals surface area contributed by atoms with E-state index in [-0.39, 0.29) is 18.2 Å². The van der Waals surface area contributed by atoms with E-state index in [0.29, 0.717) is 18.5 Å². The number of benzene rings is 1. The van der Waals surface area contributed by atoms with Crippen molar-refractivity contribution in [2.24, 2.45) is 5.92 Å². The van der Waals surface area contributed by atoms with Gasteiger partial charge in [0.2, 0.25) is 11.8 Å². The van der Waals surface area contributed by atoms with E-state index in [2.05, 4.69) is 0 Å². The van der Waals surface area contributed by atoms with Crippen molar-refractivity contribution in [3.05, 3.63) is 57.8 Å². The topological polar surface area (TPSA) is 40.6 Å². The highest BCUT2D eigenvalue weighted by Crippen LogP contribution is 2.38. The van der Waals surface area contributed by atoms with E-state index in [9.17, 15) is 22.8 Å². The maximum absolute atomic E-state index is 13.1. The summed E-state index contributed by atoms with van der Waals surface area (Å²) in [5.41, 5.74) is -0.217. The SMILES string of the molecule is CN(Cc1cccs1)C(=O)C1CCC(=O)N(C)C1c1ccc(C(F)(F)F)cc1. The minimum atomic E-state index is -4.43. The Labute approximate surface area is 165 Å². The fraction of sp³-hybridized carbons (Fsp3) is 0.400. The summed E-state index contributed by atoms with van der Waals surface area (Å²) >= 11 is 1.55. The van der Waals surface area contributed by atoms with E-state index < -0.39 is 23.7 Å². The molecule has 1 aromatic heterocycles. The number of alkyl halides is 3. The first-order chi connectivity index (χ1) is 13.2. The predicted octanol–water partition coefficient (Wildman–Crippen LogP) is 4.34. The lowest BCUT2D eigenvalue weighted by atomic mass is 9.83. The van der Waals surface area contributed by atoms with Crippen LogP contribution < -0.4 is 0 Å². The minimum absolute atomic E-state index is 0.113. The van der Waals surface area contributed by atoms with Gasteiger partial charge in [-0.2, -0.15) is 13.2 Å². The Morgan fingerprint density at radius 3 is 2.50 bits per heavy atom. The third kappa shape index (κ3) is 4.22. The maximum Gasteiger partial charge on any atom is 0.416 e. The highest BCUT2D eigenvalue weighted by Gasteiger charge is 2.40. The van der Waals surface area contributed by atoms with E-state index >= 15 is 0 Å². The molecule has 0 radical (unpaired) electrons. The van der Waals surface area contributed by atoms with E-state index in [0.717, 1.165) is 17.0 Å². The van der Waals surface area contributed by atoms with Crippen LogP contribution in [0.3, 0.4) is 0 Å². The second kappa shape index (κ2) is 7.95. The third-order valence-electron chi connectivity index (χ3n) is 5.11. The molecule has 28 heavy (non-hydrogen) atoms. The molecule has 2 amide bonds. The number of nitrogens with zero attached hydrogens (tertiary/aromatic N) is 2. The quantitative estimate of drug-likeness (QED) is 0.753. The standard InChI is InChI=1S/C20H21F3N2O2S/c1-24(12-15-4-3-11-28-15)19(27)16-9-10-17(26)25(2)18(16)13-5-7-14(8-6-13)20(21,22)23/h3-8,11,16,18H,9-10,12H2,1-2H3. The van der Waals surface area contributed by atoms with Crippen LogP contribution in [0.2, 0.25) is 0 Å². The summed E-state index contributed by atoms with van der Waals surface area (Å²) < 4.78 is 38.6. The van der Waals surface area contributed by atoms with Crippen LogP contribution in [0.4, 0.5) is 13.2 Å². The number of halogens is 3. The van der Waals surface area contributed by atoms with Crippen molar-refractivity contribution >= 4 is 23.2 Å². The molecule has 0 spiro atoms. The molecule has 0 N–H and O–H groups in total. The summed E-state index contributed by atoms with van der Waals surface area (Å²) in [4.78, 5) is 29.5. The summed E-state index contributed by atoms with van der Waals surface area (Å²) in [7, 11) is 3.31. The largest absolute Gasteiger partial charge is 0.416 e.